The molecule has 0 unspecified atom stereocenters. The van der Waals surface area contributed by atoms with Gasteiger partial charge in [0, 0.05) is 0 Å². The number of unbranched alkanes of at least 4 members (excludes halogenated alkanes) is 12. The molecule has 112 valence electrons. The molecule has 0 aromatic heterocycles. The van der Waals surface area contributed by atoms with Crippen molar-refractivity contribution in [3.63, 3.8) is 0 Å². The second-order valence-electron chi connectivity index (χ2n) is 5.44. The third kappa shape index (κ3) is 17.5. The van der Waals surface area contributed by atoms with Gasteiger partial charge < -0.3 is 5.11 Å². The molecule has 0 bridgehead atoms. The van der Waals surface area contributed by atoms with Gasteiger partial charge in [-0.05, 0) is 25.0 Å². The highest BCUT2D eigenvalue weighted by Crippen LogP contribution is 2.12. The van der Waals surface area contributed by atoms with Crippen molar-refractivity contribution in [2.45, 2.75) is 90.4 Å². The molecule has 0 aromatic carbocycles. The van der Waals surface area contributed by atoms with E-state index in [1.807, 2.05) is 6.08 Å². The van der Waals surface area contributed by atoms with Crippen LogP contribution < -0.4 is 0 Å². The highest BCUT2D eigenvalue weighted by molar-refractivity contribution is 4.83. The van der Waals surface area contributed by atoms with Gasteiger partial charge in [-0.15, -0.1) is 5.73 Å². The Balaban J connectivity index is 3.01. The third-order valence-electron chi connectivity index (χ3n) is 3.53. The Morgan fingerprint density at radius 1 is 0.684 bits per heavy atom. The summed E-state index contributed by atoms with van der Waals surface area (Å²) in [5.74, 6) is 0. The average Bonchev–Trinajstić information content (AvgIpc) is 2.43. The van der Waals surface area contributed by atoms with Crippen molar-refractivity contribution in [1.82, 2.24) is 0 Å². The molecular formula is C18H34O. The van der Waals surface area contributed by atoms with Gasteiger partial charge in [0.15, 0.2) is 0 Å². The summed E-state index contributed by atoms with van der Waals surface area (Å²) >= 11 is 0. The number of aliphatic hydroxyl groups is 1. The Morgan fingerprint density at radius 3 is 1.63 bits per heavy atom. The largest absolute Gasteiger partial charge is 0.392 e. The Kier molecular flexibility index (Phi) is 17.0. The van der Waals surface area contributed by atoms with Crippen molar-refractivity contribution in [2.75, 3.05) is 6.61 Å². The maximum Gasteiger partial charge on any atom is 0.0686 e. The standard InChI is InChI=1S/C18H34O/c1-2-3-4-5-6-7-8-9-10-11-12-13-14-15-16-17-18-19/h15,17,19H,2-14,18H2,1H3. The van der Waals surface area contributed by atoms with E-state index in [1.54, 1.807) is 6.08 Å². The Bertz CT molecular complexity index is 214. The third-order valence-corrected chi connectivity index (χ3v) is 3.53. The zero-order valence-corrected chi connectivity index (χ0v) is 13.0. The Morgan fingerprint density at radius 2 is 1.16 bits per heavy atom. The van der Waals surface area contributed by atoms with Crippen molar-refractivity contribution in [2.24, 2.45) is 0 Å². The summed E-state index contributed by atoms with van der Waals surface area (Å²) in [6, 6.07) is 0. The zero-order valence-electron chi connectivity index (χ0n) is 13.0. The molecule has 0 aliphatic rings. The molecule has 0 amide bonds. The van der Waals surface area contributed by atoms with Gasteiger partial charge in [-0.3, -0.25) is 0 Å². The predicted octanol–water partition coefficient (Wildman–Crippen LogP) is 5.78. The molecule has 1 N–H and O–H groups in total. The lowest BCUT2D eigenvalue weighted by atomic mass is 10.0. The smallest absolute Gasteiger partial charge is 0.0686 e. The van der Waals surface area contributed by atoms with Crippen LogP contribution >= 0.6 is 0 Å². The molecule has 0 saturated heterocycles. The molecule has 0 spiro atoms. The minimum Gasteiger partial charge on any atom is -0.392 e. The number of aliphatic hydroxyl groups excluding tert-OH is 1. The van der Waals surface area contributed by atoms with Crippen LogP contribution in [-0.2, 0) is 0 Å². The minimum atomic E-state index is 0.106. The maximum absolute atomic E-state index is 8.53. The summed E-state index contributed by atoms with van der Waals surface area (Å²) in [5, 5.41) is 8.53. The Labute approximate surface area is 120 Å². The second-order valence-corrected chi connectivity index (χ2v) is 5.44. The summed E-state index contributed by atoms with van der Waals surface area (Å²) in [6.07, 6.45) is 21.6. The van der Waals surface area contributed by atoms with E-state index in [1.165, 1.54) is 77.0 Å². The molecule has 0 atom stereocenters. The topological polar surface area (TPSA) is 20.2 Å². The van der Waals surface area contributed by atoms with Crippen LogP contribution in [0.4, 0.5) is 0 Å². The number of hydrogen-bond acceptors (Lipinski definition) is 1. The summed E-state index contributed by atoms with van der Waals surface area (Å²) < 4.78 is 0. The fraction of sp³-hybridized carbons (Fsp3) is 0.833. The molecular weight excluding hydrogens is 232 g/mol. The fourth-order valence-electron chi connectivity index (χ4n) is 2.31. The molecule has 0 radical (unpaired) electrons. The molecule has 0 aromatic rings. The second kappa shape index (κ2) is 17.5. The van der Waals surface area contributed by atoms with Gasteiger partial charge in [-0.1, -0.05) is 77.6 Å². The lowest BCUT2D eigenvalue weighted by Crippen LogP contribution is -1.82. The minimum absolute atomic E-state index is 0.106. The van der Waals surface area contributed by atoms with Crippen LogP contribution in [0.3, 0.4) is 0 Å². The average molecular weight is 266 g/mol. The fourth-order valence-corrected chi connectivity index (χ4v) is 2.31. The van der Waals surface area contributed by atoms with E-state index in [0.717, 1.165) is 6.42 Å². The predicted molar refractivity (Wildman–Crippen MR) is 85.4 cm³/mol. The summed E-state index contributed by atoms with van der Waals surface area (Å²) in [7, 11) is 0. The summed E-state index contributed by atoms with van der Waals surface area (Å²) in [4.78, 5) is 0. The van der Waals surface area contributed by atoms with E-state index in [-0.39, 0.29) is 6.61 Å². The SMILES string of the molecule is CCCCCCCCCCCCCCC=C=CCO. The number of hydrogen-bond donors (Lipinski definition) is 1. The van der Waals surface area contributed by atoms with Gasteiger partial charge in [0.2, 0.25) is 0 Å². The number of rotatable bonds is 14. The van der Waals surface area contributed by atoms with Gasteiger partial charge in [-0.25, -0.2) is 0 Å². The van der Waals surface area contributed by atoms with E-state index in [9.17, 15) is 0 Å². The molecule has 1 heteroatoms. The molecule has 0 aliphatic heterocycles. The van der Waals surface area contributed by atoms with Gasteiger partial charge >= 0.3 is 0 Å². The van der Waals surface area contributed by atoms with E-state index in [0.29, 0.717) is 0 Å². The van der Waals surface area contributed by atoms with Crippen LogP contribution in [0.5, 0.6) is 0 Å². The lowest BCUT2D eigenvalue weighted by Gasteiger charge is -2.02. The molecule has 0 aliphatic carbocycles. The van der Waals surface area contributed by atoms with E-state index in [4.69, 9.17) is 5.11 Å². The lowest BCUT2D eigenvalue weighted by molar-refractivity contribution is 0.343. The maximum atomic E-state index is 8.53. The molecule has 0 rings (SSSR count). The summed E-state index contributed by atoms with van der Waals surface area (Å²) in [5.41, 5.74) is 2.97. The van der Waals surface area contributed by atoms with Crippen molar-refractivity contribution in [3.05, 3.63) is 17.9 Å². The van der Waals surface area contributed by atoms with Crippen LogP contribution in [0.25, 0.3) is 0 Å². The van der Waals surface area contributed by atoms with Crippen molar-refractivity contribution in [1.29, 1.82) is 0 Å². The molecule has 19 heavy (non-hydrogen) atoms. The van der Waals surface area contributed by atoms with Crippen LogP contribution in [0.15, 0.2) is 17.9 Å². The van der Waals surface area contributed by atoms with Gasteiger partial charge in [0.1, 0.15) is 0 Å². The van der Waals surface area contributed by atoms with Crippen molar-refractivity contribution in [3.8, 4) is 0 Å². The first-order valence-corrected chi connectivity index (χ1v) is 8.42. The van der Waals surface area contributed by atoms with Crippen molar-refractivity contribution < 1.29 is 5.11 Å². The summed E-state index contributed by atoms with van der Waals surface area (Å²) in [6.45, 7) is 2.38. The highest BCUT2D eigenvalue weighted by Gasteiger charge is 1.92. The first-order valence-electron chi connectivity index (χ1n) is 8.42. The van der Waals surface area contributed by atoms with E-state index < -0.39 is 0 Å². The molecule has 0 fully saturated rings. The van der Waals surface area contributed by atoms with E-state index >= 15 is 0 Å². The van der Waals surface area contributed by atoms with Crippen LogP contribution in [-0.4, -0.2) is 11.7 Å². The van der Waals surface area contributed by atoms with Crippen LogP contribution in [0.2, 0.25) is 0 Å². The molecule has 0 heterocycles. The molecule has 1 nitrogen and oxygen atoms in total. The molecule has 0 saturated carbocycles. The van der Waals surface area contributed by atoms with Gasteiger partial charge in [0.05, 0.1) is 6.61 Å². The Hall–Kier alpha value is -0.520. The van der Waals surface area contributed by atoms with Crippen molar-refractivity contribution >= 4 is 0 Å². The normalized spacial score (nSPS) is 10.2. The first kappa shape index (κ1) is 18.5. The van der Waals surface area contributed by atoms with Gasteiger partial charge in [0.25, 0.3) is 0 Å². The van der Waals surface area contributed by atoms with E-state index in [2.05, 4.69) is 12.7 Å². The highest BCUT2D eigenvalue weighted by atomic mass is 16.2. The van der Waals surface area contributed by atoms with Gasteiger partial charge in [-0.2, -0.15) is 0 Å². The van der Waals surface area contributed by atoms with Crippen LogP contribution in [0.1, 0.15) is 90.4 Å². The first-order chi connectivity index (χ1) is 9.41. The quantitative estimate of drug-likeness (QED) is 0.312. The van der Waals surface area contributed by atoms with Crippen LogP contribution in [0, 0.1) is 0 Å². The monoisotopic (exact) mass is 266 g/mol. The zero-order chi connectivity index (χ0) is 14.0.